The van der Waals surface area contributed by atoms with Crippen molar-refractivity contribution in [3.8, 4) is 0 Å². The molecule has 5 rings (SSSR count). The second-order valence-electron chi connectivity index (χ2n) is 7.81. The van der Waals surface area contributed by atoms with Gasteiger partial charge in [-0.1, -0.05) is 48.5 Å². The highest BCUT2D eigenvalue weighted by molar-refractivity contribution is 6.07. The summed E-state index contributed by atoms with van der Waals surface area (Å²) in [5, 5.41) is 1.08. The van der Waals surface area contributed by atoms with Gasteiger partial charge in [-0.05, 0) is 43.2 Å². The predicted molar refractivity (Wildman–Crippen MR) is 104 cm³/mol. The fourth-order valence-electron chi connectivity index (χ4n) is 3.85. The van der Waals surface area contributed by atoms with Crippen molar-refractivity contribution in [1.29, 1.82) is 0 Å². The first kappa shape index (κ1) is 15.7. The Bertz CT molecular complexity index is 935. The van der Waals surface area contributed by atoms with E-state index in [1.807, 2.05) is 12.1 Å². The van der Waals surface area contributed by atoms with Crippen molar-refractivity contribution in [3.63, 3.8) is 0 Å². The lowest BCUT2D eigenvalue weighted by Gasteiger charge is -2.22. The molecule has 3 heteroatoms. The minimum atomic E-state index is 0.224. The predicted octanol–water partition coefficient (Wildman–Crippen LogP) is 4.70. The Morgan fingerprint density at radius 3 is 2.42 bits per heavy atom. The van der Waals surface area contributed by atoms with Gasteiger partial charge in [0.15, 0.2) is 0 Å². The standard InChI is InChI=1S/C23H24N2O/c26-23(25(19-12-13-19)15-18-10-11-18)21-16-24(14-17-6-2-1-3-7-17)22-9-5-4-8-20(21)22/h1-9,16,18-19H,10-15H2. The average Bonchev–Trinajstić information content (AvgIpc) is 3.59. The first-order valence-corrected chi connectivity index (χ1v) is 9.72. The molecule has 3 nitrogen and oxygen atoms in total. The van der Waals surface area contributed by atoms with E-state index in [0.717, 1.165) is 35.5 Å². The Hall–Kier alpha value is -2.55. The molecule has 0 aliphatic heterocycles. The van der Waals surface area contributed by atoms with E-state index in [4.69, 9.17) is 0 Å². The molecule has 0 saturated heterocycles. The zero-order valence-electron chi connectivity index (χ0n) is 15.0. The second-order valence-corrected chi connectivity index (χ2v) is 7.81. The van der Waals surface area contributed by atoms with Crippen LogP contribution in [0.25, 0.3) is 10.9 Å². The lowest BCUT2D eigenvalue weighted by atomic mass is 10.1. The molecule has 0 N–H and O–H groups in total. The fraction of sp³-hybridized carbons (Fsp3) is 0.348. The molecule has 2 fully saturated rings. The molecule has 0 bridgehead atoms. The maximum atomic E-state index is 13.4. The lowest BCUT2D eigenvalue weighted by Crippen LogP contribution is -2.34. The number of carbonyl (C=O) groups excluding carboxylic acids is 1. The molecule has 2 aliphatic rings. The molecule has 1 aromatic heterocycles. The van der Waals surface area contributed by atoms with Gasteiger partial charge in [0.1, 0.15) is 0 Å². The van der Waals surface area contributed by atoms with Crippen LogP contribution in [-0.4, -0.2) is 28.0 Å². The van der Waals surface area contributed by atoms with Crippen molar-refractivity contribution in [2.45, 2.75) is 38.3 Å². The molecule has 2 aromatic carbocycles. The Balaban J connectivity index is 1.51. The van der Waals surface area contributed by atoms with Gasteiger partial charge in [0, 0.05) is 36.2 Å². The van der Waals surface area contributed by atoms with Gasteiger partial charge in [-0.25, -0.2) is 0 Å². The van der Waals surface area contributed by atoms with Crippen molar-refractivity contribution < 1.29 is 4.79 Å². The van der Waals surface area contributed by atoms with Gasteiger partial charge < -0.3 is 9.47 Å². The van der Waals surface area contributed by atoms with Crippen LogP contribution in [0.2, 0.25) is 0 Å². The van der Waals surface area contributed by atoms with E-state index in [9.17, 15) is 4.79 Å². The van der Waals surface area contributed by atoms with Crippen molar-refractivity contribution in [1.82, 2.24) is 9.47 Å². The van der Waals surface area contributed by atoms with E-state index in [-0.39, 0.29) is 5.91 Å². The number of hydrogen-bond donors (Lipinski definition) is 0. The number of carbonyl (C=O) groups is 1. The summed E-state index contributed by atoms with van der Waals surface area (Å²) in [6.45, 7) is 1.74. The van der Waals surface area contributed by atoms with Crippen molar-refractivity contribution in [2.75, 3.05) is 6.54 Å². The van der Waals surface area contributed by atoms with Crippen LogP contribution in [0, 0.1) is 5.92 Å². The molecule has 2 aliphatic carbocycles. The van der Waals surface area contributed by atoms with Crippen LogP contribution in [0.3, 0.4) is 0 Å². The third kappa shape index (κ3) is 3.03. The first-order valence-electron chi connectivity index (χ1n) is 9.72. The molecular weight excluding hydrogens is 320 g/mol. The van der Waals surface area contributed by atoms with Gasteiger partial charge in [0.25, 0.3) is 5.91 Å². The zero-order chi connectivity index (χ0) is 17.5. The molecule has 1 amide bonds. The van der Waals surface area contributed by atoms with E-state index in [0.29, 0.717) is 6.04 Å². The molecule has 0 spiro atoms. The highest BCUT2D eigenvalue weighted by atomic mass is 16.2. The maximum absolute atomic E-state index is 13.4. The third-order valence-electron chi connectivity index (χ3n) is 5.62. The quantitative estimate of drug-likeness (QED) is 0.636. The first-order chi connectivity index (χ1) is 12.8. The number of para-hydroxylation sites is 1. The van der Waals surface area contributed by atoms with E-state index in [1.165, 1.54) is 31.2 Å². The lowest BCUT2D eigenvalue weighted by molar-refractivity contribution is 0.0736. The highest BCUT2D eigenvalue weighted by Gasteiger charge is 2.37. The fourth-order valence-corrected chi connectivity index (χ4v) is 3.85. The number of benzene rings is 2. The van der Waals surface area contributed by atoms with Crippen molar-refractivity contribution >= 4 is 16.8 Å². The SMILES string of the molecule is O=C(c1cn(Cc2ccccc2)c2ccccc12)N(CC1CC1)C1CC1. The minimum Gasteiger partial charge on any atom is -0.342 e. The number of rotatable bonds is 6. The summed E-state index contributed by atoms with van der Waals surface area (Å²) < 4.78 is 2.22. The van der Waals surface area contributed by atoms with Crippen LogP contribution in [0.15, 0.2) is 60.8 Å². The van der Waals surface area contributed by atoms with Gasteiger partial charge in [-0.15, -0.1) is 0 Å². The molecule has 0 atom stereocenters. The third-order valence-corrected chi connectivity index (χ3v) is 5.62. The van der Waals surface area contributed by atoms with Gasteiger partial charge in [-0.3, -0.25) is 4.79 Å². The molecule has 1 heterocycles. The largest absolute Gasteiger partial charge is 0.342 e. The van der Waals surface area contributed by atoms with E-state index in [1.54, 1.807) is 0 Å². The molecular formula is C23H24N2O. The normalized spacial score (nSPS) is 16.8. The second kappa shape index (κ2) is 6.31. The Labute approximate surface area is 154 Å². The number of aromatic nitrogens is 1. The number of nitrogens with zero attached hydrogens (tertiary/aromatic N) is 2. The maximum Gasteiger partial charge on any atom is 0.256 e. The van der Waals surface area contributed by atoms with Gasteiger partial charge in [0.05, 0.1) is 5.56 Å². The van der Waals surface area contributed by atoms with Crippen LogP contribution in [0.1, 0.15) is 41.6 Å². The van der Waals surface area contributed by atoms with Crippen molar-refractivity contribution in [3.05, 3.63) is 71.9 Å². The van der Waals surface area contributed by atoms with Gasteiger partial charge in [-0.2, -0.15) is 0 Å². The monoisotopic (exact) mass is 344 g/mol. The van der Waals surface area contributed by atoms with Crippen LogP contribution in [-0.2, 0) is 6.54 Å². The van der Waals surface area contributed by atoms with Crippen LogP contribution >= 0.6 is 0 Å². The van der Waals surface area contributed by atoms with E-state index >= 15 is 0 Å². The summed E-state index contributed by atoms with van der Waals surface area (Å²) in [5.74, 6) is 0.958. The molecule has 0 radical (unpaired) electrons. The molecule has 3 aromatic rings. The molecule has 132 valence electrons. The highest BCUT2D eigenvalue weighted by Crippen LogP contribution is 2.36. The summed E-state index contributed by atoms with van der Waals surface area (Å²) in [5.41, 5.74) is 3.26. The Morgan fingerprint density at radius 2 is 1.69 bits per heavy atom. The Morgan fingerprint density at radius 1 is 0.962 bits per heavy atom. The number of amides is 1. The van der Waals surface area contributed by atoms with Gasteiger partial charge >= 0.3 is 0 Å². The topological polar surface area (TPSA) is 25.2 Å². The number of fused-ring (bicyclic) bond motifs is 1. The summed E-state index contributed by atoms with van der Waals surface area (Å²) in [6.07, 6.45) is 6.98. The zero-order valence-corrected chi connectivity index (χ0v) is 15.0. The minimum absolute atomic E-state index is 0.224. The van der Waals surface area contributed by atoms with Gasteiger partial charge in [0.2, 0.25) is 0 Å². The summed E-state index contributed by atoms with van der Waals surface area (Å²) >= 11 is 0. The smallest absolute Gasteiger partial charge is 0.256 e. The average molecular weight is 344 g/mol. The molecule has 26 heavy (non-hydrogen) atoms. The summed E-state index contributed by atoms with van der Waals surface area (Å²) in [6, 6.07) is 19.2. The van der Waals surface area contributed by atoms with Crippen LogP contribution in [0.5, 0.6) is 0 Å². The Kier molecular flexibility index (Phi) is 3.81. The summed E-state index contributed by atoms with van der Waals surface area (Å²) in [4.78, 5) is 15.5. The van der Waals surface area contributed by atoms with Crippen LogP contribution in [0.4, 0.5) is 0 Å². The van der Waals surface area contributed by atoms with Crippen molar-refractivity contribution in [2.24, 2.45) is 5.92 Å². The van der Waals surface area contributed by atoms with E-state index < -0.39 is 0 Å². The molecule has 0 unspecified atom stereocenters. The molecule has 2 saturated carbocycles. The number of hydrogen-bond acceptors (Lipinski definition) is 1. The van der Waals surface area contributed by atoms with E-state index in [2.05, 4.69) is 58.1 Å². The summed E-state index contributed by atoms with van der Waals surface area (Å²) in [7, 11) is 0. The van der Waals surface area contributed by atoms with Crippen LogP contribution < -0.4 is 0 Å².